The van der Waals surface area contributed by atoms with Gasteiger partial charge in [-0.1, -0.05) is 11.6 Å². The molecule has 108 valence electrons. The van der Waals surface area contributed by atoms with Gasteiger partial charge in [-0.2, -0.15) is 5.10 Å². The highest BCUT2D eigenvalue weighted by molar-refractivity contribution is 6.31. The fourth-order valence-corrected chi connectivity index (χ4v) is 3.10. The summed E-state index contributed by atoms with van der Waals surface area (Å²) < 4.78 is 2.03. The first-order valence-electron chi connectivity index (χ1n) is 7.29. The number of rotatable bonds is 5. The molecule has 0 saturated carbocycles. The molecule has 19 heavy (non-hydrogen) atoms. The zero-order valence-corrected chi connectivity index (χ0v) is 12.8. The van der Waals surface area contributed by atoms with Gasteiger partial charge in [0.1, 0.15) is 0 Å². The first kappa shape index (κ1) is 14.8. The summed E-state index contributed by atoms with van der Waals surface area (Å²) in [6.07, 6.45) is 3.68. The SMILES string of the molecule is CCn1nc(C)c(Cl)c1CN1CCC(CCN)CC1. The molecule has 2 heterocycles. The Bertz CT molecular complexity index is 408. The van der Waals surface area contributed by atoms with Crippen LogP contribution in [0.3, 0.4) is 0 Å². The van der Waals surface area contributed by atoms with Gasteiger partial charge < -0.3 is 5.73 Å². The second-order valence-corrected chi connectivity index (χ2v) is 5.84. The molecule has 1 aliphatic heterocycles. The maximum Gasteiger partial charge on any atom is 0.0860 e. The van der Waals surface area contributed by atoms with Crippen LogP contribution in [0.1, 0.15) is 37.6 Å². The van der Waals surface area contributed by atoms with Crippen molar-refractivity contribution < 1.29 is 0 Å². The highest BCUT2D eigenvalue weighted by atomic mass is 35.5. The van der Waals surface area contributed by atoms with E-state index in [-0.39, 0.29) is 0 Å². The van der Waals surface area contributed by atoms with E-state index < -0.39 is 0 Å². The summed E-state index contributed by atoms with van der Waals surface area (Å²) >= 11 is 6.36. The largest absolute Gasteiger partial charge is 0.330 e. The molecule has 1 saturated heterocycles. The molecule has 5 heteroatoms. The number of aryl methyl sites for hydroxylation is 2. The van der Waals surface area contributed by atoms with Crippen molar-refractivity contribution in [3.8, 4) is 0 Å². The molecule has 2 rings (SSSR count). The van der Waals surface area contributed by atoms with Crippen molar-refractivity contribution in [3.63, 3.8) is 0 Å². The minimum absolute atomic E-state index is 0.814. The Kier molecular flexibility index (Phi) is 5.25. The Morgan fingerprint density at radius 1 is 1.37 bits per heavy atom. The van der Waals surface area contributed by atoms with Gasteiger partial charge in [-0.3, -0.25) is 9.58 Å². The number of halogens is 1. The number of nitrogens with two attached hydrogens (primary N) is 1. The van der Waals surface area contributed by atoms with E-state index in [2.05, 4.69) is 16.9 Å². The van der Waals surface area contributed by atoms with Crippen LogP contribution in [0.5, 0.6) is 0 Å². The normalized spacial score (nSPS) is 18.1. The van der Waals surface area contributed by atoms with Crippen molar-refractivity contribution in [1.29, 1.82) is 0 Å². The summed E-state index contributed by atoms with van der Waals surface area (Å²) in [5.41, 5.74) is 7.74. The molecular weight excluding hydrogens is 260 g/mol. The number of hydrogen-bond donors (Lipinski definition) is 1. The van der Waals surface area contributed by atoms with Crippen LogP contribution in [0, 0.1) is 12.8 Å². The predicted octanol–water partition coefficient (Wildman–Crippen LogP) is 2.43. The van der Waals surface area contributed by atoms with Crippen molar-refractivity contribution in [2.75, 3.05) is 19.6 Å². The Labute approximate surface area is 120 Å². The maximum atomic E-state index is 6.36. The third-order valence-electron chi connectivity index (χ3n) is 4.11. The molecule has 0 unspecified atom stereocenters. The minimum Gasteiger partial charge on any atom is -0.330 e. The van der Waals surface area contributed by atoms with Gasteiger partial charge in [-0.05, 0) is 58.7 Å². The van der Waals surface area contributed by atoms with E-state index in [0.29, 0.717) is 0 Å². The maximum absolute atomic E-state index is 6.36. The smallest absolute Gasteiger partial charge is 0.0860 e. The van der Waals surface area contributed by atoms with E-state index in [1.54, 1.807) is 0 Å². The third kappa shape index (κ3) is 3.50. The molecule has 0 aromatic carbocycles. The van der Waals surface area contributed by atoms with Gasteiger partial charge in [0.15, 0.2) is 0 Å². The van der Waals surface area contributed by atoms with Crippen LogP contribution >= 0.6 is 11.6 Å². The van der Waals surface area contributed by atoms with Crippen molar-refractivity contribution in [1.82, 2.24) is 14.7 Å². The molecule has 1 aromatic rings. The first-order chi connectivity index (χ1) is 9.15. The lowest BCUT2D eigenvalue weighted by Crippen LogP contribution is -2.34. The molecule has 4 nitrogen and oxygen atoms in total. The number of nitrogens with zero attached hydrogens (tertiary/aromatic N) is 3. The number of likely N-dealkylation sites (tertiary alicyclic amines) is 1. The highest BCUT2D eigenvalue weighted by Crippen LogP contribution is 2.25. The van der Waals surface area contributed by atoms with Crippen molar-refractivity contribution in [3.05, 3.63) is 16.4 Å². The molecule has 1 aromatic heterocycles. The average Bonchev–Trinajstić information content (AvgIpc) is 2.69. The zero-order valence-electron chi connectivity index (χ0n) is 12.0. The summed E-state index contributed by atoms with van der Waals surface area (Å²) in [4.78, 5) is 2.49. The summed E-state index contributed by atoms with van der Waals surface area (Å²) in [6.45, 7) is 9.00. The van der Waals surface area contributed by atoms with E-state index >= 15 is 0 Å². The predicted molar refractivity (Wildman–Crippen MR) is 79.3 cm³/mol. The standard InChI is InChI=1S/C14H25ClN4/c1-3-19-13(14(15)11(2)17-19)10-18-8-5-12(4-7-16)6-9-18/h12H,3-10,16H2,1-2H3. The van der Waals surface area contributed by atoms with Crippen LogP contribution in [0.15, 0.2) is 0 Å². The lowest BCUT2D eigenvalue weighted by Gasteiger charge is -2.31. The van der Waals surface area contributed by atoms with Crippen molar-refractivity contribution in [2.45, 2.75) is 46.2 Å². The van der Waals surface area contributed by atoms with Crippen molar-refractivity contribution >= 4 is 11.6 Å². The topological polar surface area (TPSA) is 47.1 Å². The van der Waals surface area contributed by atoms with E-state index in [4.69, 9.17) is 17.3 Å². The summed E-state index contributed by atoms with van der Waals surface area (Å²) in [5.74, 6) is 0.814. The Hall–Kier alpha value is -0.580. The van der Waals surface area contributed by atoms with Crippen LogP contribution < -0.4 is 5.73 Å². The first-order valence-corrected chi connectivity index (χ1v) is 7.67. The molecule has 1 aliphatic rings. The number of hydrogen-bond acceptors (Lipinski definition) is 3. The van der Waals surface area contributed by atoms with Crippen LogP contribution in [-0.4, -0.2) is 34.3 Å². The molecule has 0 atom stereocenters. The summed E-state index contributed by atoms with van der Waals surface area (Å²) in [5, 5.41) is 5.32. The van der Waals surface area contributed by atoms with Gasteiger partial charge in [-0.15, -0.1) is 0 Å². The van der Waals surface area contributed by atoms with Crippen LogP contribution in [-0.2, 0) is 13.1 Å². The molecule has 0 spiro atoms. The van der Waals surface area contributed by atoms with Gasteiger partial charge in [0.05, 0.1) is 16.4 Å². The van der Waals surface area contributed by atoms with Gasteiger partial charge in [0, 0.05) is 13.1 Å². The fourth-order valence-electron chi connectivity index (χ4n) is 2.90. The van der Waals surface area contributed by atoms with Crippen molar-refractivity contribution in [2.24, 2.45) is 11.7 Å². The van der Waals surface area contributed by atoms with Gasteiger partial charge in [0.2, 0.25) is 0 Å². The summed E-state index contributed by atoms with van der Waals surface area (Å²) in [7, 11) is 0. The van der Waals surface area contributed by atoms with E-state index in [1.165, 1.54) is 25.0 Å². The monoisotopic (exact) mass is 284 g/mol. The molecule has 0 bridgehead atoms. The molecule has 0 amide bonds. The van der Waals surface area contributed by atoms with Gasteiger partial charge in [0.25, 0.3) is 0 Å². The Morgan fingerprint density at radius 2 is 2.05 bits per heavy atom. The molecule has 2 N–H and O–H groups in total. The molecule has 0 aliphatic carbocycles. The average molecular weight is 285 g/mol. The minimum atomic E-state index is 0.814. The third-order valence-corrected chi connectivity index (χ3v) is 4.60. The lowest BCUT2D eigenvalue weighted by molar-refractivity contribution is 0.169. The second-order valence-electron chi connectivity index (χ2n) is 5.46. The van der Waals surface area contributed by atoms with E-state index in [0.717, 1.165) is 49.4 Å². The van der Waals surface area contributed by atoms with E-state index in [1.807, 2.05) is 11.6 Å². The quantitative estimate of drug-likeness (QED) is 0.903. The molecular formula is C14H25ClN4. The second kappa shape index (κ2) is 6.73. The molecule has 0 radical (unpaired) electrons. The van der Waals surface area contributed by atoms with Gasteiger partial charge in [-0.25, -0.2) is 0 Å². The Morgan fingerprint density at radius 3 is 2.63 bits per heavy atom. The zero-order chi connectivity index (χ0) is 13.8. The van der Waals surface area contributed by atoms with Crippen LogP contribution in [0.25, 0.3) is 0 Å². The molecule has 1 fully saturated rings. The van der Waals surface area contributed by atoms with Crippen LogP contribution in [0.4, 0.5) is 0 Å². The lowest BCUT2D eigenvalue weighted by atomic mass is 9.93. The van der Waals surface area contributed by atoms with Crippen LogP contribution in [0.2, 0.25) is 5.02 Å². The summed E-state index contributed by atoms with van der Waals surface area (Å²) in [6, 6.07) is 0. The fraction of sp³-hybridized carbons (Fsp3) is 0.786. The Balaban J connectivity index is 1.95. The van der Waals surface area contributed by atoms with Gasteiger partial charge >= 0.3 is 0 Å². The highest BCUT2D eigenvalue weighted by Gasteiger charge is 2.21. The van der Waals surface area contributed by atoms with E-state index in [9.17, 15) is 0 Å². The number of aromatic nitrogens is 2. The number of piperidine rings is 1.